The van der Waals surface area contributed by atoms with E-state index in [0.29, 0.717) is 11.8 Å². The van der Waals surface area contributed by atoms with E-state index in [-0.39, 0.29) is 21.7 Å². The molecular weight excluding hydrogens is 504 g/mol. The van der Waals surface area contributed by atoms with Crippen molar-refractivity contribution in [2.45, 2.75) is 139 Å². The summed E-state index contributed by atoms with van der Waals surface area (Å²) in [4.78, 5) is 0. The first-order chi connectivity index (χ1) is 19.4. The number of allylic oxidation sites excluding steroid dienone is 4. The Hall–Kier alpha value is -2.08. The van der Waals surface area contributed by atoms with Crippen LogP contribution in [0.25, 0.3) is 11.1 Å². The third-order valence-corrected chi connectivity index (χ3v) is 12.1. The van der Waals surface area contributed by atoms with Crippen LogP contribution in [0, 0.1) is 42.4 Å². The van der Waals surface area contributed by atoms with Gasteiger partial charge in [0.25, 0.3) is 0 Å². The second-order valence-electron chi connectivity index (χ2n) is 18.1. The highest BCUT2D eigenvalue weighted by Gasteiger charge is 2.61. The van der Waals surface area contributed by atoms with E-state index >= 15 is 0 Å². The maximum absolute atomic E-state index is 2.75. The van der Waals surface area contributed by atoms with Gasteiger partial charge in [0, 0.05) is 11.3 Å². The number of hydrogen-bond acceptors (Lipinski definition) is 0. The van der Waals surface area contributed by atoms with Gasteiger partial charge in [0.15, 0.2) is 0 Å². The fourth-order valence-corrected chi connectivity index (χ4v) is 10.3. The molecule has 2 aromatic carbocycles. The van der Waals surface area contributed by atoms with E-state index in [1.54, 1.807) is 22.3 Å². The molecule has 0 amide bonds. The van der Waals surface area contributed by atoms with Crippen molar-refractivity contribution in [3.63, 3.8) is 0 Å². The van der Waals surface area contributed by atoms with Crippen molar-refractivity contribution in [3.8, 4) is 11.1 Å². The molecule has 0 saturated heterocycles. The summed E-state index contributed by atoms with van der Waals surface area (Å²) in [7, 11) is 0. The van der Waals surface area contributed by atoms with Crippen molar-refractivity contribution in [1.82, 2.24) is 0 Å². The second-order valence-corrected chi connectivity index (χ2v) is 18.1. The van der Waals surface area contributed by atoms with Crippen LogP contribution in [0.2, 0.25) is 0 Å². The zero-order valence-corrected chi connectivity index (χ0v) is 29.2. The minimum Gasteiger partial charge on any atom is -0.0619 e. The summed E-state index contributed by atoms with van der Waals surface area (Å²) in [6, 6.07) is 10.5. The van der Waals surface area contributed by atoms with Crippen molar-refractivity contribution in [2.75, 3.05) is 0 Å². The lowest BCUT2D eigenvalue weighted by Gasteiger charge is -2.50. The normalized spacial score (nSPS) is 26.0. The number of hydrogen-bond donors (Lipinski definition) is 0. The minimum atomic E-state index is 0.123. The molecule has 3 atom stereocenters. The topological polar surface area (TPSA) is 0 Å². The van der Waals surface area contributed by atoms with Crippen molar-refractivity contribution in [1.29, 1.82) is 0 Å². The molecule has 0 nitrogen and oxygen atoms in total. The molecule has 3 unspecified atom stereocenters. The average molecular weight is 563 g/mol. The van der Waals surface area contributed by atoms with E-state index in [1.807, 2.05) is 5.57 Å². The van der Waals surface area contributed by atoms with Gasteiger partial charge < -0.3 is 0 Å². The summed E-state index contributed by atoms with van der Waals surface area (Å²) >= 11 is 0. The fourth-order valence-electron chi connectivity index (χ4n) is 10.3. The predicted molar refractivity (Wildman–Crippen MR) is 182 cm³/mol. The van der Waals surface area contributed by atoms with Crippen LogP contribution in [0.4, 0.5) is 0 Å². The summed E-state index contributed by atoms with van der Waals surface area (Å²) in [6.45, 7) is 31.5. The highest BCUT2D eigenvalue weighted by Crippen LogP contribution is 2.72. The SMILES string of the molecule is Cc1cc2c(cc1C(C)(C)C)-c1cc(C(C)(C)C)c(C)cc1C2C1(C(C)C)C2=C(CC(C(C)(C)C)=C2)C2CCCCC21. The molecule has 0 aromatic heterocycles. The van der Waals surface area contributed by atoms with Crippen molar-refractivity contribution in [3.05, 3.63) is 80.4 Å². The van der Waals surface area contributed by atoms with E-state index in [2.05, 4.69) is 120 Å². The molecule has 6 rings (SSSR count). The van der Waals surface area contributed by atoms with Crippen LogP contribution in [0.3, 0.4) is 0 Å². The molecule has 0 spiro atoms. The molecule has 226 valence electrons. The number of fused-ring (bicyclic) bond motifs is 5. The molecule has 4 aliphatic carbocycles. The molecule has 0 N–H and O–H groups in total. The third-order valence-electron chi connectivity index (χ3n) is 12.1. The van der Waals surface area contributed by atoms with Gasteiger partial charge in [0.2, 0.25) is 0 Å². The first kappa shape index (κ1) is 30.0. The van der Waals surface area contributed by atoms with Crippen LogP contribution in [-0.2, 0) is 10.8 Å². The lowest BCUT2D eigenvalue weighted by atomic mass is 9.53. The maximum Gasteiger partial charge on any atom is 0.0204 e. The summed E-state index contributed by atoms with van der Waals surface area (Å²) in [6.07, 6.45) is 9.52. The van der Waals surface area contributed by atoms with Crippen molar-refractivity contribution >= 4 is 0 Å². The average Bonchev–Trinajstić information content (AvgIpc) is 3.50. The van der Waals surface area contributed by atoms with Gasteiger partial charge >= 0.3 is 0 Å². The van der Waals surface area contributed by atoms with Gasteiger partial charge in [-0.1, -0.05) is 130 Å². The molecule has 1 fully saturated rings. The Kier molecular flexibility index (Phi) is 6.75. The summed E-state index contributed by atoms with van der Waals surface area (Å²) in [5, 5.41) is 0. The Labute approximate surface area is 258 Å². The summed E-state index contributed by atoms with van der Waals surface area (Å²) in [5.41, 5.74) is 18.1. The zero-order chi connectivity index (χ0) is 30.7. The number of aryl methyl sites for hydroxylation is 2. The zero-order valence-electron chi connectivity index (χ0n) is 29.2. The van der Waals surface area contributed by atoms with Crippen LogP contribution in [0.1, 0.15) is 148 Å². The predicted octanol–water partition coefficient (Wildman–Crippen LogP) is 12.1. The van der Waals surface area contributed by atoms with Crippen molar-refractivity contribution in [2.24, 2.45) is 28.6 Å². The second kappa shape index (κ2) is 9.46. The highest BCUT2D eigenvalue weighted by atomic mass is 14.6. The Balaban J connectivity index is 1.70. The van der Waals surface area contributed by atoms with Gasteiger partial charge in [-0.2, -0.15) is 0 Å². The highest BCUT2D eigenvalue weighted by molar-refractivity contribution is 5.83. The smallest absolute Gasteiger partial charge is 0.0204 e. The van der Waals surface area contributed by atoms with Crippen LogP contribution < -0.4 is 0 Å². The van der Waals surface area contributed by atoms with Gasteiger partial charge in [0.1, 0.15) is 0 Å². The Morgan fingerprint density at radius 3 is 1.64 bits per heavy atom. The standard InChI is InChI=1S/C42H58/c1-24(2)42(34-17-15-14-16-28(34)31-20-27(21-37(31)42)39(5,6)7)38-32-18-25(3)35(40(8,9)10)22-29(32)30-23-36(41(11,12)13)26(4)19-33(30)38/h18-19,21-24,28,34,38H,14-17,20H2,1-13H3. The largest absolute Gasteiger partial charge is 0.0619 e. The summed E-state index contributed by atoms with van der Waals surface area (Å²) < 4.78 is 0. The van der Waals surface area contributed by atoms with E-state index in [4.69, 9.17) is 0 Å². The van der Waals surface area contributed by atoms with E-state index in [0.717, 1.165) is 11.8 Å². The molecule has 2 aromatic rings. The first-order valence-electron chi connectivity index (χ1n) is 17.1. The van der Waals surface area contributed by atoms with Gasteiger partial charge in [-0.3, -0.25) is 0 Å². The molecule has 0 aliphatic heterocycles. The molecule has 0 heterocycles. The van der Waals surface area contributed by atoms with Gasteiger partial charge in [-0.15, -0.1) is 0 Å². The number of benzene rings is 2. The molecule has 4 aliphatic rings. The van der Waals surface area contributed by atoms with Crippen LogP contribution in [-0.4, -0.2) is 0 Å². The molecule has 42 heavy (non-hydrogen) atoms. The van der Waals surface area contributed by atoms with E-state index in [9.17, 15) is 0 Å². The Morgan fingerprint density at radius 2 is 1.19 bits per heavy atom. The van der Waals surface area contributed by atoms with Crippen LogP contribution in [0.5, 0.6) is 0 Å². The quantitative estimate of drug-likeness (QED) is 0.341. The maximum atomic E-state index is 2.75. The fraction of sp³-hybridized carbons (Fsp3) is 0.619. The lowest BCUT2D eigenvalue weighted by molar-refractivity contribution is 0.0763. The monoisotopic (exact) mass is 562 g/mol. The molecule has 0 bridgehead atoms. The minimum absolute atomic E-state index is 0.123. The molecule has 1 saturated carbocycles. The van der Waals surface area contributed by atoms with Gasteiger partial charge in [-0.05, 0) is 117 Å². The van der Waals surface area contributed by atoms with Crippen molar-refractivity contribution < 1.29 is 0 Å². The third kappa shape index (κ3) is 4.20. The lowest BCUT2D eigenvalue weighted by Crippen LogP contribution is -2.43. The van der Waals surface area contributed by atoms with Crippen LogP contribution >= 0.6 is 0 Å². The van der Waals surface area contributed by atoms with Gasteiger partial charge in [-0.25, -0.2) is 0 Å². The first-order valence-corrected chi connectivity index (χ1v) is 17.1. The Bertz CT molecular complexity index is 1430. The number of rotatable bonds is 2. The summed E-state index contributed by atoms with van der Waals surface area (Å²) in [5.74, 6) is 2.48. The van der Waals surface area contributed by atoms with Crippen LogP contribution in [0.15, 0.2) is 47.1 Å². The molecular formula is C42H58. The molecule has 0 radical (unpaired) electrons. The molecule has 0 heteroatoms. The van der Waals surface area contributed by atoms with Gasteiger partial charge in [0.05, 0.1) is 0 Å². The van der Waals surface area contributed by atoms with E-state index < -0.39 is 0 Å². The van der Waals surface area contributed by atoms with E-state index in [1.165, 1.54) is 65.5 Å². The Morgan fingerprint density at radius 1 is 0.690 bits per heavy atom.